The van der Waals surface area contributed by atoms with E-state index in [2.05, 4.69) is 10.1 Å². The SMILES string of the molecule is COC(=O)c1cc(-c2nn(C)c3ccnc(OC(C)C)c23)cn1C(C)C. The maximum atomic E-state index is 12.2. The van der Waals surface area contributed by atoms with Gasteiger partial charge in [0.15, 0.2) is 0 Å². The molecule has 3 rings (SSSR count). The van der Waals surface area contributed by atoms with Crippen LogP contribution in [0.2, 0.25) is 0 Å². The average Bonchev–Trinajstić information content (AvgIpc) is 3.16. The van der Waals surface area contributed by atoms with E-state index in [1.54, 1.807) is 16.9 Å². The number of fused-ring (bicyclic) bond motifs is 1. The van der Waals surface area contributed by atoms with Crippen molar-refractivity contribution in [2.45, 2.75) is 39.8 Å². The van der Waals surface area contributed by atoms with Gasteiger partial charge in [0.2, 0.25) is 5.88 Å². The van der Waals surface area contributed by atoms with Crippen LogP contribution in [0.3, 0.4) is 0 Å². The molecule has 3 aromatic rings. The van der Waals surface area contributed by atoms with Crippen LogP contribution >= 0.6 is 0 Å². The molecule has 0 unspecified atom stereocenters. The van der Waals surface area contributed by atoms with Gasteiger partial charge in [-0.05, 0) is 39.8 Å². The maximum Gasteiger partial charge on any atom is 0.354 e. The number of esters is 1. The van der Waals surface area contributed by atoms with E-state index in [4.69, 9.17) is 9.47 Å². The van der Waals surface area contributed by atoms with E-state index >= 15 is 0 Å². The number of aromatic nitrogens is 4. The molecular weight excluding hydrogens is 332 g/mol. The van der Waals surface area contributed by atoms with Gasteiger partial charge in [-0.3, -0.25) is 4.68 Å². The van der Waals surface area contributed by atoms with Crippen LogP contribution in [0, 0.1) is 0 Å². The summed E-state index contributed by atoms with van der Waals surface area (Å²) in [5.74, 6) is 0.166. The molecule has 7 heteroatoms. The van der Waals surface area contributed by atoms with Gasteiger partial charge >= 0.3 is 5.97 Å². The summed E-state index contributed by atoms with van der Waals surface area (Å²) in [6.45, 7) is 7.95. The number of rotatable bonds is 5. The van der Waals surface area contributed by atoms with Gasteiger partial charge in [-0.2, -0.15) is 5.10 Å². The molecule has 0 aliphatic carbocycles. The number of methoxy groups -OCH3 is 1. The van der Waals surface area contributed by atoms with Crippen molar-refractivity contribution in [3.8, 4) is 17.1 Å². The van der Waals surface area contributed by atoms with Crippen LogP contribution in [-0.4, -0.2) is 38.5 Å². The highest BCUT2D eigenvalue weighted by atomic mass is 16.5. The van der Waals surface area contributed by atoms with Crippen LogP contribution in [0.15, 0.2) is 24.5 Å². The summed E-state index contributed by atoms with van der Waals surface area (Å²) in [6, 6.07) is 3.82. The highest BCUT2D eigenvalue weighted by molar-refractivity contribution is 5.98. The van der Waals surface area contributed by atoms with Crippen LogP contribution in [-0.2, 0) is 11.8 Å². The summed E-state index contributed by atoms with van der Waals surface area (Å²) in [5, 5.41) is 5.49. The largest absolute Gasteiger partial charge is 0.474 e. The van der Waals surface area contributed by atoms with Crippen LogP contribution in [0.25, 0.3) is 22.2 Å². The zero-order chi connectivity index (χ0) is 19.0. The fraction of sp³-hybridized carbons (Fsp3) is 0.421. The van der Waals surface area contributed by atoms with E-state index in [-0.39, 0.29) is 18.1 Å². The van der Waals surface area contributed by atoms with Crippen molar-refractivity contribution in [2.75, 3.05) is 7.11 Å². The summed E-state index contributed by atoms with van der Waals surface area (Å²) in [6.07, 6.45) is 3.63. The number of nitrogens with zero attached hydrogens (tertiary/aromatic N) is 4. The first-order valence-electron chi connectivity index (χ1n) is 8.62. The Kier molecular flexibility index (Phi) is 4.71. The van der Waals surface area contributed by atoms with E-state index in [1.807, 2.05) is 51.6 Å². The monoisotopic (exact) mass is 356 g/mol. The Balaban J connectivity index is 2.24. The smallest absolute Gasteiger partial charge is 0.354 e. The van der Waals surface area contributed by atoms with Crippen molar-refractivity contribution < 1.29 is 14.3 Å². The molecule has 26 heavy (non-hydrogen) atoms. The first kappa shape index (κ1) is 18.0. The van der Waals surface area contributed by atoms with Crippen molar-refractivity contribution in [1.82, 2.24) is 19.3 Å². The second kappa shape index (κ2) is 6.82. The third kappa shape index (κ3) is 3.05. The molecule has 0 atom stereocenters. The normalized spacial score (nSPS) is 11.5. The van der Waals surface area contributed by atoms with E-state index in [9.17, 15) is 4.79 Å². The van der Waals surface area contributed by atoms with E-state index in [0.717, 1.165) is 22.2 Å². The molecule has 0 spiro atoms. The van der Waals surface area contributed by atoms with Gasteiger partial charge in [0.05, 0.1) is 24.1 Å². The van der Waals surface area contributed by atoms with Crippen LogP contribution in [0.4, 0.5) is 0 Å². The Morgan fingerprint density at radius 2 is 1.96 bits per heavy atom. The minimum absolute atomic E-state index is 0.00736. The van der Waals surface area contributed by atoms with Gasteiger partial charge in [-0.25, -0.2) is 9.78 Å². The van der Waals surface area contributed by atoms with Crippen molar-refractivity contribution in [3.05, 3.63) is 30.2 Å². The Labute approximate surface area is 152 Å². The molecule has 0 aromatic carbocycles. The molecule has 0 radical (unpaired) electrons. The lowest BCUT2D eigenvalue weighted by atomic mass is 10.1. The van der Waals surface area contributed by atoms with Gasteiger partial charge in [0, 0.05) is 31.0 Å². The standard InChI is InChI=1S/C19H24N4O3/c1-11(2)23-10-13(9-15(23)19(24)25-6)17-16-14(22(5)21-17)7-8-20-18(16)26-12(3)4/h7-12H,1-6H3. The molecule has 0 N–H and O–H groups in total. The Bertz CT molecular complexity index is 953. The van der Waals surface area contributed by atoms with E-state index < -0.39 is 0 Å². The molecule has 3 aromatic heterocycles. The van der Waals surface area contributed by atoms with Crippen molar-refractivity contribution in [1.29, 1.82) is 0 Å². The molecule has 0 saturated heterocycles. The van der Waals surface area contributed by atoms with Gasteiger partial charge in [-0.1, -0.05) is 0 Å². The lowest BCUT2D eigenvalue weighted by Crippen LogP contribution is -2.11. The maximum absolute atomic E-state index is 12.2. The Hall–Kier alpha value is -2.83. The Morgan fingerprint density at radius 3 is 2.58 bits per heavy atom. The van der Waals surface area contributed by atoms with Gasteiger partial charge in [0.1, 0.15) is 11.4 Å². The number of aryl methyl sites for hydroxylation is 1. The fourth-order valence-electron chi connectivity index (χ4n) is 3.00. The summed E-state index contributed by atoms with van der Waals surface area (Å²) in [7, 11) is 3.26. The second-order valence-corrected chi connectivity index (χ2v) is 6.76. The van der Waals surface area contributed by atoms with Crippen molar-refractivity contribution in [3.63, 3.8) is 0 Å². The molecular formula is C19H24N4O3. The second-order valence-electron chi connectivity index (χ2n) is 6.76. The minimum Gasteiger partial charge on any atom is -0.474 e. The van der Waals surface area contributed by atoms with Crippen LogP contribution in [0.5, 0.6) is 5.88 Å². The van der Waals surface area contributed by atoms with Gasteiger partial charge in [0.25, 0.3) is 0 Å². The predicted octanol–water partition coefficient (Wildman–Crippen LogP) is 3.59. The molecule has 0 amide bonds. The zero-order valence-electron chi connectivity index (χ0n) is 16.0. The quantitative estimate of drug-likeness (QED) is 0.653. The lowest BCUT2D eigenvalue weighted by molar-refractivity contribution is 0.0586. The zero-order valence-corrected chi connectivity index (χ0v) is 16.0. The topological polar surface area (TPSA) is 71.2 Å². The first-order chi connectivity index (χ1) is 12.3. The highest BCUT2D eigenvalue weighted by Crippen LogP contribution is 2.35. The van der Waals surface area contributed by atoms with Crippen LogP contribution in [0.1, 0.15) is 44.2 Å². The summed E-state index contributed by atoms with van der Waals surface area (Å²) in [5.41, 5.74) is 2.97. The summed E-state index contributed by atoms with van der Waals surface area (Å²) < 4.78 is 14.5. The fourth-order valence-corrected chi connectivity index (χ4v) is 3.00. The molecule has 0 bridgehead atoms. The van der Waals surface area contributed by atoms with Gasteiger partial charge < -0.3 is 14.0 Å². The first-order valence-corrected chi connectivity index (χ1v) is 8.62. The molecule has 3 heterocycles. The third-order valence-corrected chi connectivity index (χ3v) is 4.15. The molecule has 0 aliphatic rings. The number of hydrogen-bond donors (Lipinski definition) is 0. The number of pyridine rings is 1. The van der Waals surface area contributed by atoms with Crippen molar-refractivity contribution >= 4 is 16.9 Å². The minimum atomic E-state index is -0.373. The third-order valence-electron chi connectivity index (χ3n) is 4.15. The van der Waals surface area contributed by atoms with E-state index in [1.165, 1.54) is 7.11 Å². The van der Waals surface area contributed by atoms with Gasteiger partial charge in [-0.15, -0.1) is 0 Å². The number of hydrogen-bond acceptors (Lipinski definition) is 5. The number of carbonyl (C=O) groups is 1. The number of carbonyl (C=O) groups excluding carboxylic acids is 1. The van der Waals surface area contributed by atoms with Crippen molar-refractivity contribution in [2.24, 2.45) is 7.05 Å². The lowest BCUT2D eigenvalue weighted by Gasteiger charge is -2.10. The summed E-state index contributed by atoms with van der Waals surface area (Å²) in [4.78, 5) is 16.5. The predicted molar refractivity (Wildman–Crippen MR) is 99.4 cm³/mol. The number of ether oxygens (including phenoxy) is 2. The molecule has 0 saturated carbocycles. The molecule has 0 aliphatic heterocycles. The highest BCUT2D eigenvalue weighted by Gasteiger charge is 2.22. The molecule has 7 nitrogen and oxygen atoms in total. The molecule has 138 valence electrons. The summed E-state index contributed by atoms with van der Waals surface area (Å²) >= 11 is 0. The van der Waals surface area contributed by atoms with E-state index in [0.29, 0.717) is 11.6 Å². The molecule has 0 fully saturated rings. The Morgan fingerprint density at radius 1 is 1.23 bits per heavy atom. The average molecular weight is 356 g/mol. The van der Waals surface area contributed by atoms with Crippen LogP contribution < -0.4 is 4.74 Å².